The summed E-state index contributed by atoms with van der Waals surface area (Å²) in [6.07, 6.45) is 33.0. The molecule has 0 aliphatic carbocycles. The summed E-state index contributed by atoms with van der Waals surface area (Å²) in [5.41, 5.74) is 1.93. The van der Waals surface area contributed by atoms with Crippen molar-refractivity contribution < 1.29 is 64.4 Å². The van der Waals surface area contributed by atoms with Gasteiger partial charge in [0.05, 0.1) is 4.90 Å². The van der Waals surface area contributed by atoms with Crippen molar-refractivity contribution in [3.63, 3.8) is 0 Å². The second-order valence-electron chi connectivity index (χ2n) is 12.9. The van der Waals surface area contributed by atoms with Crippen LogP contribution >= 0.6 is 0 Å². The van der Waals surface area contributed by atoms with Gasteiger partial charge in [0.25, 0.3) is 0 Å². The quantitative estimate of drug-likeness (QED) is 0.0557. The van der Waals surface area contributed by atoms with Gasteiger partial charge >= 0.3 is 51.4 Å². The van der Waals surface area contributed by atoms with Crippen LogP contribution in [0.5, 0.6) is 0 Å². The molecule has 5 heteroatoms. The molecule has 0 bridgehead atoms. The van der Waals surface area contributed by atoms with E-state index >= 15 is 0 Å². The van der Waals surface area contributed by atoms with Gasteiger partial charge in [-0.3, -0.25) is 0 Å². The summed E-state index contributed by atoms with van der Waals surface area (Å²) in [4.78, 5) is -0.0133. The van der Waals surface area contributed by atoms with Gasteiger partial charge in [0, 0.05) is 0 Å². The fraction of sp³-hybridized carbons (Fsp3) is 0.737. The summed E-state index contributed by atoms with van der Waals surface area (Å²) in [6.45, 7) is 4.53. The van der Waals surface area contributed by atoms with Crippen molar-refractivity contribution in [2.45, 2.75) is 186 Å². The second-order valence-corrected chi connectivity index (χ2v) is 14.2. The molecule has 0 spiro atoms. The number of hydrogen-bond acceptors (Lipinski definition) is 3. The van der Waals surface area contributed by atoms with Crippen LogP contribution in [0.15, 0.2) is 35.2 Å². The maximum atomic E-state index is 12.1. The van der Waals surface area contributed by atoms with Crippen LogP contribution in [0.1, 0.15) is 179 Å². The Kier molecular flexibility index (Phi) is 25.3. The van der Waals surface area contributed by atoms with E-state index in [-0.39, 0.29) is 56.3 Å². The number of benzene rings is 2. The molecular formula is C38H63KO3S. The third-order valence-corrected chi connectivity index (χ3v) is 9.89. The van der Waals surface area contributed by atoms with E-state index in [1.54, 1.807) is 6.07 Å². The number of rotatable bonds is 27. The first kappa shape index (κ1) is 41.3. The molecule has 0 fully saturated rings. The summed E-state index contributed by atoms with van der Waals surface area (Å²) in [7, 11) is -4.49. The van der Waals surface area contributed by atoms with Gasteiger partial charge in [0.15, 0.2) is 0 Å². The Hall–Kier alpha value is 0.246. The summed E-state index contributed by atoms with van der Waals surface area (Å²) in [6, 6.07) is 9.97. The minimum Gasteiger partial charge on any atom is -0.744 e. The zero-order valence-corrected chi connectivity index (χ0v) is 32.3. The van der Waals surface area contributed by atoms with Crippen molar-refractivity contribution in [2.24, 2.45) is 0 Å². The molecule has 240 valence electrons. The van der Waals surface area contributed by atoms with Gasteiger partial charge in [-0.1, -0.05) is 173 Å². The number of aryl methyl sites for hydroxylation is 2. The van der Waals surface area contributed by atoms with E-state index in [9.17, 15) is 13.0 Å². The van der Waals surface area contributed by atoms with E-state index in [4.69, 9.17) is 0 Å². The van der Waals surface area contributed by atoms with Crippen molar-refractivity contribution in [3.8, 4) is 0 Å². The van der Waals surface area contributed by atoms with E-state index < -0.39 is 10.1 Å². The molecule has 0 radical (unpaired) electrons. The van der Waals surface area contributed by atoms with Crippen molar-refractivity contribution in [2.75, 3.05) is 0 Å². The SMILES string of the molecule is CCCCCCCCCCCCCCc1ccc2cc(CCCCCCCCCCCCCC)c(S(=O)(=O)[O-])cc2c1.[K+]. The zero-order chi connectivity index (χ0) is 30.3. The van der Waals surface area contributed by atoms with Gasteiger partial charge in [-0.15, -0.1) is 0 Å². The van der Waals surface area contributed by atoms with Crippen LogP contribution in [0, 0.1) is 0 Å². The molecule has 43 heavy (non-hydrogen) atoms. The van der Waals surface area contributed by atoms with Gasteiger partial charge in [0.1, 0.15) is 10.1 Å². The Morgan fingerprint density at radius 3 is 1.30 bits per heavy atom. The standard InChI is InChI=1S/C38H64O3S.K/c1-3-5-7-9-11-13-15-17-19-21-23-25-27-34-29-30-35-32-36(38(42(39,40)41)33-37(35)31-34)28-26-24-22-20-18-16-14-12-10-8-6-4-2;/h29-33H,3-28H2,1-2H3,(H,39,40,41);/q;+1/p-1. The predicted octanol–water partition coefficient (Wildman–Crippen LogP) is 9.24. The zero-order valence-electron chi connectivity index (χ0n) is 28.4. The van der Waals surface area contributed by atoms with Crippen molar-refractivity contribution >= 4 is 20.9 Å². The molecule has 0 amide bonds. The van der Waals surface area contributed by atoms with Gasteiger partial charge in [-0.25, -0.2) is 8.42 Å². The van der Waals surface area contributed by atoms with Crippen molar-refractivity contribution in [1.82, 2.24) is 0 Å². The molecule has 0 aromatic heterocycles. The average Bonchev–Trinajstić information content (AvgIpc) is 2.97. The Balaban J connectivity index is 0.00000924. The van der Waals surface area contributed by atoms with Crippen LogP contribution in [0.3, 0.4) is 0 Å². The first-order valence-electron chi connectivity index (χ1n) is 18.0. The monoisotopic (exact) mass is 638 g/mol. The minimum absolute atomic E-state index is 0. The summed E-state index contributed by atoms with van der Waals surface area (Å²) < 4.78 is 36.4. The van der Waals surface area contributed by atoms with Crippen molar-refractivity contribution in [3.05, 3.63) is 41.5 Å². The van der Waals surface area contributed by atoms with E-state index in [2.05, 4.69) is 32.0 Å². The Bertz CT molecular complexity index is 1070. The summed E-state index contributed by atoms with van der Waals surface area (Å²) >= 11 is 0. The average molecular weight is 639 g/mol. The van der Waals surface area contributed by atoms with E-state index in [0.717, 1.165) is 36.5 Å². The fourth-order valence-electron chi connectivity index (χ4n) is 6.28. The first-order valence-corrected chi connectivity index (χ1v) is 19.4. The normalized spacial score (nSPS) is 11.7. The molecule has 0 aliphatic rings. The van der Waals surface area contributed by atoms with Crippen LogP contribution in [0.2, 0.25) is 0 Å². The fourth-order valence-corrected chi connectivity index (χ4v) is 7.04. The topological polar surface area (TPSA) is 57.2 Å². The van der Waals surface area contributed by atoms with Crippen LogP contribution < -0.4 is 51.4 Å². The molecule has 0 heterocycles. The Morgan fingerprint density at radius 2 is 0.884 bits per heavy atom. The molecule has 0 atom stereocenters. The Labute approximate surface area is 309 Å². The molecule has 3 nitrogen and oxygen atoms in total. The molecule has 0 aliphatic heterocycles. The van der Waals surface area contributed by atoms with Gasteiger partial charge < -0.3 is 4.55 Å². The number of unbranched alkanes of at least 4 members (excludes halogenated alkanes) is 22. The summed E-state index contributed by atoms with van der Waals surface area (Å²) in [5.74, 6) is 0. The molecule has 2 rings (SSSR count). The third kappa shape index (κ3) is 19.5. The first-order chi connectivity index (χ1) is 20.5. The van der Waals surface area contributed by atoms with Crippen LogP contribution in [-0.4, -0.2) is 13.0 Å². The number of hydrogen-bond donors (Lipinski definition) is 0. The minimum atomic E-state index is -4.49. The van der Waals surface area contributed by atoms with Gasteiger partial charge in [0.2, 0.25) is 0 Å². The van der Waals surface area contributed by atoms with Crippen LogP contribution in [-0.2, 0) is 23.0 Å². The molecule has 2 aromatic carbocycles. The van der Waals surface area contributed by atoms with E-state index in [1.807, 2.05) is 6.07 Å². The predicted molar refractivity (Wildman–Crippen MR) is 181 cm³/mol. The van der Waals surface area contributed by atoms with E-state index in [1.165, 1.54) is 140 Å². The number of fused-ring (bicyclic) bond motifs is 1. The van der Waals surface area contributed by atoms with Crippen LogP contribution in [0.4, 0.5) is 0 Å². The van der Waals surface area contributed by atoms with Gasteiger partial charge in [-0.05, 0) is 59.7 Å². The molecule has 2 aromatic rings. The van der Waals surface area contributed by atoms with Crippen molar-refractivity contribution in [1.29, 1.82) is 0 Å². The maximum Gasteiger partial charge on any atom is 1.00 e. The van der Waals surface area contributed by atoms with E-state index in [0.29, 0.717) is 12.0 Å². The second kappa shape index (κ2) is 26.3. The smallest absolute Gasteiger partial charge is 0.744 e. The third-order valence-electron chi connectivity index (χ3n) is 8.97. The molecular weight excluding hydrogens is 576 g/mol. The largest absolute Gasteiger partial charge is 1.00 e. The molecule has 0 N–H and O–H groups in total. The maximum absolute atomic E-state index is 12.1. The summed E-state index contributed by atoms with van der Waals surface area (Å²) in [5, 5.41) is 1.91. The molecule has 0 saturated carbocycles. The Morgan fingerprint density at radius 1 is 0.488 bits per heavy atom. The molecule has 0 unspecified atom stereocenters. The van der Waals surface area contributed by atoms with Crippen LogP contribution in [0.25, 0.3) is 10.8 Å². The van der Waals surface area contributed by atoms with Gasteiger partial charge in [-0.2, -0.15) is 0 Å². The molecule has 0 saturated heterocycles.